The van der Waals surface area contributed by atoms with E-state index in [1.165, 1.54) is 12.4 Å². The fourth-order valence-electron chi connectivity index (χ4n) is 2.45. The highest BCUT2D eigenvalue weighted by atomic mass is 35.5. The molecule has 5 nitrogen and oxygen atoms in total. The van der Waals surface area contributed by atoms with Gasteiger partial charge in [-0.25, -0.2) is 23.5 Å². The molecule has 3 aromatic rings. The van der Waals surface area contributed by atoms with Gasteiger partial charge in [0.25, 0.3) is 0 Å². The van der Waals surface area contributed by atoms with E-state index in [4.69, 9.17) is 16.7 Å². The first-order valence-corrected chi connectivity index (χ1v) is 9.00. The maximum atomic E-state index is 11.9. The molecule has 0 aliphatic heterocycles. The van der Waals surface area contributed by atoms with Crippen molar-refractivity contribution in [3.63, 3.8) is 0 Å². The van der Waals surface area contributed by atoms with E-state index in [0.717, 1.165) is 11.1 Å². The van der Waals surface area contributed by atoms with Crippen LogP contribution in [-0.2, 0) is 10.0 Å². The van der Waals surface area contributed by atoms with Crippen molar-refractivity contribution >= 4 is 21.6 Å². The normalized spacial score (nSPS) is 11.5. The van der Waals surface area contributed by atoms with E-state index in [2.05, 4.69) is 9.97 Å². The van der Waals surface area contributed by atoms with Gasteiger partial charge in [0.15, 0.2) is 0 Å². The van der Waals surface area contributed by atoms with Gasteiger partial charge in [0.1, 0.15) is 11.5 Å². The van der Waals surface area contributed by atoms with Crippen molar-refractivity contribution in [2.24, 2.45) is 5.14 Å². The lowest BCUT2D eigenvalue weighted by Gasteiger charge is -2.13. The van der Waals surface area contributed by atoms with Gasteiger partial charge < -0.3 is 0 Å². The van der Waals surface area contributed by atoms with Crippen LogP contribution in [0.25, 0.3) is 22.4 Å². The van der Waals surface area contributed by atoms with Crippen molar-refractivity contribution in [3.8, 4) is 22.4 Å². The summed E-state index contributed by atoms with van der Waals surface area (Å²) in [6, 6.07) is 14.1. The van der Waals surface area contributed by atoms with Crippen molar-refractivity contribution < 1.29 is 8.42 Å². The molecule has 24 heavy (non-hydrogen) atoms. The lowest BCUT2D eigenvalue weighted by molar-refractivity contribution is 0.598. The van der Waals surface area contributed by atoms with E-state index < -0.39 is 10.0 Å². The largest absolute Gasteiger partial charge is 0.238 e. The molecule has 1 aromatic heterocycles. The SMILES string of the molecule is Cc1ccc(-c2c(Cl)ncnc2-c2ccccc2S(N)(=O)=O)cc1. The average molecular weight is 360 g/mol. The summed E-state index contributed by atoms with van der Waals surface area (Å²) in [5, 5.41) is 5.58. The van der Waals surface area contributed by atoms with Crippen molar-refractivity contribution in [1.29, 1.82) is 0 Å². The van der Waals surface area contributed by atoms with Crippen LogP contribution in [0.15, 0.2) is 59.8 Å². The summed E-state index contributed by atoms with van der Waals surface area (Å²) in [5.41, 5.74) is 3.27. The summed E-state index contributed by atoms with van der Waals surface area (Å²) in [4.78, 5) is 8.29. The first-order chi connectivity index (χ1) is 11.4. The number of aryl methyl sites for hydroxylation is 1. The van der Waals surface area contributed by atoms with Crippen LogP contribution in [0.3, 0.4) is 0 Å². The van der Waals surface area contributed by atoms with Gasteiger partial charge >= 0.3 is 0 Å². The second kappa shape index (κ2) is 6.32. The van der Waals surface area contributed by atoms with Crippen LogP contribution in [0.1, 0.15) is 5.56 Å². The van der Waals surface area contributed by atoms with Crippen LogP contribution >= 0.6 is 11.6 Å². The van der Waals surface area contributed by atoms with Crippen LogP contribution in [0.5, 0.6) is 0 Å². The Morgan fingerprint density at radius 3 is 2.33 bits per heavy atom. The average Bonchev–Trinajstić information content (AvgIpc) is 2.55. The summed E-state index contributed by atoms with van der Waals surface area (Å²) in [6.07, 6.45) is 1.30. The van der Waals surface area contributed by atoms with Crippen molar-refractivity contribution in [3.05, 3.63) is 65.6 Å². The Kier molecular flexibility index (Phi) is 4.36. The summed E-state index contributed by atoms with van der Waals surface area (Å²) in [6.45, 7) is 1.98. The van der Waals surface area contributed by atoms with E-state index in [9.17, 15) is 8.42 Å². The van der Waals surface area contributed by atoms with Gasteiger partial charge in [0.2, 0.25) is 10.0 Å². The minimum absolute atomic E-state index is 0.00636. The molecule has 1 heterocycles. The molecule has 0 aliphatic carbocycles. The number of nitrogens with two attached hydrogens (primary N) is 1. The van der Waals surface area contributed by atoms with E-state index in [1.54, 1.807) is 18.2 Å². The molecule has 0 unspecified atom stereocenters. The molecule has 0 amide bonds. The molecule has 3 rings (SSSR count). The van der Waals surface area contributed by atoms with Crippen molar-refractivity contribution in [2.75, 3.05) is 0 Å². The van der Waals surface area contributed by atoms with Gasteiger partial charge in [-0.2, -0.15) is 0 Å². The van der Waals surface area contributed by atoms with E-state index in [-0.39, 0.29) is 10.0 Å². The second-order valence-corrected chi connectivity index (χ2v) is 7.18. The number of aromatic nitrogens is 2. The molecular weight excluding hydrogens is 346 g/mol. The molecule has 0 saturated heterocycles. The second-order valence-electron chi connectivity index (χ2n) is 5.30. The molecule has 0 atom stereocenters. The third-order valence-corrected chi connectivity index (χ3v) is 4.85. The minimum atomic E-state index is -3.90. The van der Waals surface area contributed by atoms with Gasteiger partial charge in [-0.3, -0.25) is 0 Å². The summed E-state index contributed by atoms with van der Waals surface area (Å²) < 4.78 is 23.8. The zero-order valence-corrected chi connectivity index (χ0v) is 14.3. The van der Waals surface area contributed by atoms with Crippen LogP contribution in [0, 0.1) is 6.92 Å². The highest BCUT2D eigenvalue weighted by molar-refractivity contribution is 7.89. The van der Waals surface area contributed by atoms with Gasteiger partial charge in [0.05, 0.1) is 10.6 Å². The van der Waals surface area contributed by atoms with E-state index in [0.29, 0.717) is 16.8 Å². The number of hydrogen-bond acceptors (Lipinski definition) is 4. The number of halogens is 1. The van der Waals surface area contributed by atoms with Gasteiger partial charge in [-0.05, 0) is 18.6 Å². The fourth-order valence-corrected chi connectivity index (χ4v) is 3.44. The molecule has 0 aliphatic rings. The number of benzene rings is 2. The summed E-state index contributed by atoms with van der Waals surface area (Å²) >= 11 is 6.29. The zero-order valence-electron chi connectivity index (χ0n) is 12.8. The molecular formula is C17H14ClN3O2S. The molecule has 0 spiro atoms. The standard InChI is InChI=1S/C17H14ClN3O2S/c1-11-6-8-12(9-7-11)15-16(20-10-21-17(15)18)13-4-2-3-5-14(13)24(19,22)23/h2-10H,1H3,(H2,19,22,23). The Hall–Kier alpha value is -2.28. The minimum Gasteiger partial charge on any atom is -0.236 e. The van der Waals surface area contributed by atoms with Crippen LogP contribution in [0.2, 0.25) is 5.15 Å². The molecule has 0 bridgehead atoms. The van der Waals surface area contributed by atoms with Crippen LogP contribution < -0.4 is 5.14 Å². The van der Waals surface area contributed by atoms with E-state index in [1.807, 2.05) is 31.2 Å². The smallest absolute Gasteiger partial charge is 0.236 e. The maximum absolute atomic E-state index is 11.9. The number of hydrogen-bond donors (Lipinski definition) is 1. The Morgan fingerprint density at radius 1 is 1.00 bits per heavy atom. The fraction of sp³-hybridized carbons (Fsp3) is 0.0588. The van der Waals surface area contributed by atoms with Gasteiger partial charge in [0, 0.05) is 11.1 Å². The number of sulfonamides is 1. The number of primary sulfonamides is 1. The highest BCUT2D eigenvalue weighted by Gasteiger charge is 2.20. The Labute approximate surface area is 145 Å². The molecule has 2 aromatic carbocycles. The third-order valence-electron chi connectivity index (χ3n) is 3.59. The number of rotatable bonds is 3. The zero-order chi connectivity index (χ0) is 17.3. The quantitative estimate of drug-likeness (QED) is 0.726. The third kappa shape index (κ3) is 3.17. The highest BCUT2D eigenvalue weighted by Crippen LogP contribution is 2.37. The predicted molar refractivity (Wildman–Crippen MR) is 94.0 cm³/mol. The summed E-state index contributed by atoms with van der Waals surface area (Å²) in [5.74, 6) is 0. The molecule has 2 N–H and O–H groups in total. The van der Waals surface area contributed by atoms with Crippen molar-refractivity contribution in [2.45, 2.75) is 11.8 Å². The molecule has 0 radical (unpaired) electrons. The molecule has 0 saturated carbocycles. The lowest BCUT2D eigenvalue weighted by Crippen LogP contribution is -2.13. The first kappa shape index (κ1) is 16.6. The van der Waals surface area contributed by atoms with Crippen LogP contribution in [-0.4, -0.2) is 18.4 Å². The Morgan fingerprint density at radius 2 is 1.67 bits per heavy atom. The molecule has 0 fully saturated rings. The Bertz CT molecular complexity index is 1000. The monoisotopic (exact) mass is 359 g/mol. The molecule has 122 valence electrons. The van der Waals surface area contributed by atoms with Crippen LogP contribution in [0.4, 0.5) is 0 Å². The summed E-state index contributed by atoms with van der Waals surface area (Å²) in [7, 11) is -3.90. The number of nitrogens with zero attached hydrogens (tertiary/aromatic N) is 2. The predicted octanol–water partition coefficient (Wildman–Crippen LogP) is 3.42. The maximum Gasteiger partial charge on any atom is 0.238 e. The van der Waals surface area contributed by atoms with E-state index >= 15 is 0 Å². The van der Waals surface area contributed by atoms with Crippen molar-refractivity contribution in [1.82, 2.24) is 9.97 Å². The molecule has 7 heteroatoms. The topological polar surface area (TPSA) is 85.9 Å². The van der Waals surface area contributed by atoms with Gasteiger partial charge in [-0.1, -0.05) is 59.6 Å². The lowest BCUT2D eigenvalue weighted by atomic mass is 10.00. The van der Waals surface area contributed by atoms with Gasteiger partial charge in [-0.15, -0.1) is 0 Å². The first-order valence-electron chi connectivity index (χ1n) is 7.07. The Balaban J connectivity index is 2.32.